The zero-order valence-electron chi connectivity index (χ0n) is 14.7. The number of halogens is 1. The predicted octanol–water partition coefficient (Wildman–Crippen LogP) is 5.40. The Bertz CT molecular complexity index is 863. The quantitative estimate of drug-likeness (QED) is 0.591. The number of carbonyl (C=O) groups is 1. The first-order valence-corrected chi connectivity index (χ1v) is 9.31. The van der Waals surface area contributed by atoms with Gasteiger partial charge in [-0.3, -0.25) is 4.79 Å². The van der Waals surface area contributed by atoms with Crippen molar-refractivity contribution in [2.75, 3.05) is 16.8 Å². The maximum absolute atomic E-state index is 13.0. The van der Waals surface area contributed by atoms with Crippen LogP contribution in [-0.2, 0) is 11.3 Å². The van der Waals surface area contributed by atoms with Gasteiger partial charge in [-0.2, -0.15) is 0 Å². The molecule has 0 atom stereocenters. The van der Waals surface area contributed by atoms with Crippen LogP contribution in [0.1, 0.15) is 11.1 Å². The molecule has 26 heavy (non-hydrogen) atoms. The largest absolute Gasteiger partial charge is 0.376 e. The Kier molecular flexibility index (Phi) is 6.08. The van der Waals surface area contributed by atoms with Crippen molar-refractivity contribution in [3.63, 3.8) is 0 Å². The van der Waals surface area contributed by atoms with Crippen molar-refractivity contribution < 1.29 is 4.79 Å². The highest BCUT2D eigenvalue weighted by molar-refractivity contribution is 9.10. The van der Waals surface area contributed by atoms with E-state index in [1.54, 1.807) is 0 Å². The number of hydrogen-bond donors (Lipinski definition) is 1. The number of amides is 1. The normalized spacial score (nSPS) is 10.4. The minimum atomic E-state index is 0.0300. The molecule has 4 heteroatoms. The summed E-state index contributed by atoms with van der Waals surface area (Å²) < 4.78 is 1.01. The second-order valence-electron chi connectivity index (χ2n) is 6.16. The molecule has 3 rings (SSSR count). The molecule has 0 aliphatic rings. The van der Waals surface area contributed by atoms with Crippen LogP contribution in [0.15, 0.2) is 83.3 Å². The molecule has 0 fully saturated rings. The van der Waals surface area contributed by atoms with Gasteiger partial charge in [0.1, 0.15) is 0 Å². The third kappa shape index (κ3) is 4.96. The van der Waals surface area contributed by atoms with Crippen molar-refractivity contribution in [1.29, 1.82) is 0 Å². The molecule has 0 unspecified atom stereocenters. The molecule has 0 saturated heterocycles. The molecule has 0 bridgehead atoms. The fraction of sp³-hybridized carbons (Fsp3) is 0.136. The first kappa shape index (κ1) is 18.2. The van der Waals surface area contributed by atoms with Crippen molar-refractivity contribution in [2.45, 2.75) is 13.5 Å². The summed E-state index contributed by atoms with van der Waals surface area (Å²) in [4.78, 5) is 14.8. The van der Waals surface area contributed by atoms with Crippen LogP contribution in [0.4, 0.5) is 11.4 Å². The molecule has 1 amide bonds. The Morgan fingerprint density at radius 1 is 0.962 bits per heavy atom. The number of benzene rings is 3. The van der Waals surface area contributed by atoms with Gasteiger partial charge in [0.25, 0.3) is 0 Å². The van der Waals surface area contributed by atoms with Crippen LogP contribution >= 0.6 is 15.9 Å². The summed E-state index contributed by atoms with van der Waals surface area (Å²) in [6.45, 7) is 2.82. The summed E-state index contributed by atoms with van der Waals surface area (Å²) in [7, 11) is 0. The zero-order chi connectivity index (χ0) is 18.4. The SMILES string of the molecule is Cc1cccc(N(Cc2ccccc2)C(=O)CNc2ccc(Br)cc2)c1. The van der Waals surface area contributed by atoms with Crippen LogP contribution in [0.3, 0.4) is 0 Å². The average Bonchev–Trinajstić information content (AvgIpc) is 2.66. The average molecular weight is 409 g/mol. The Morgan fingerprint density at radius 3 is 2.38 bits per heavy atom. The lowest BCUT2D eigenvalue weighted by atomic mass is 10.1. The van der Waals surface area contributed by atoms with E-state index >= 15 is 0 Å². The summed E-state index contributed by atoms with van der Waals surface area (Å²) in [5.74, 6) is 0.0300. The van der Waals surface area contributed by atoms with Crippen molar-refractivity contribution in [1.82, 2.24) is 0 Å². The highest BCUT2D eigenvalue weighted by Crippen LogP contribution is 2.20. The zero-order valence-corrected chi connectivity index (χ0v) is 16.2. The Hall–Kier alpha value is -2.59. The van der Waals surface area contributed by atoms with Gasteiger partial charge < -0.3 is 10.2 Å². The second-order valence-corrected chi connectivity index (χ2v) is 7.08. The van der Waals surface area contributed by atoms with Crippen LogP contribution in [0.25, 0.3) is 0 Å². The third-order valence-corrected chi connectivity index (χ3v) is 4.61. The molecule has 0 heterocycles. The third-order valence-electron chi connectivity index (χ3n) is 4.09. The second kappa shape index (κ2) is 8.68. The molecule has 3 aromatic carbocycles. The Labute approximate surface area is 162 Å². The minimum absolute atomic E-state index is 0.0300. The number of carbonyl (C=O) groups excluding carboxylic acids is 1. The Balaban J connectivity index is 1.77. The van der Waals surface area contributed by atoms with Gasteiger partial charge in [-0.25, -0.2) is 0 Å². The molecule has 0 aromatic heterocycles. The molecule has 0 aliphatic heterocycles. The van der Waals surface area contributed by atoms with Gasteiger partial charge in [0.05, 0.1) is 13.1 Å². The lowest BCUT2D eigenvalue weighted by Crippen LogP contribution is -2.35. The van der Waals surface area contributed by atoms with Crippen LogP contribution in [0.2, 0.25) is 0 Å². The van der Waals surface area contributed by atoms with E-state index in [1.807, 2.05) is 90.7 Å². The summed E-state index contributed by atoms with van der Waals surface area (Å²) in [5, 5.41) is 3.21. The highest BCUT2D eigenvalue weighted by atomic mass is 79.9. The molecule has 0 aliphatic carbocycles. The van der Waals surface area contributed by atoms with E-state index in [9.17, 15) is 4.79 Å². The van der Waals surface area contributed by atoms with E-state index in [1.165, 1.54) is 0 Å². The number of nitrogens with one attached hydrogen (secondary N) is 1. The van der Waals surface area contributed by atoms with Crippen molar-refractivity contribution in [3.05, 3.63) is 94.5 Å². The van der Waals surface area contributed by atoms with Crippen LogP contribution < -0.4 is 10.2 Å². The molecular weight excluding hydrogens is 388 g/mol. The predicted molar refractivity (Wildman–Crippen MR) is 111 cm³/mol. The smallest absolute Gasteiger partial charge is 0.246 e. The van der Waals surface area contributed by atoms with E-state index < -0.39 is 0 Å². The van der Waals surface area contributed by atoms with E-state index in [0.717, 1.165) is 27.0 Å². The van der Waals surface area contributed by atoms with Crippen LogP contribution in [-0.4, -0.2) is 12.5 Å². The van der Waals surface area contributed by atoms with Crippen molar-refractivity contribution in [3.8, 4) is 0 Å². The Morgan fingerprint density at radius 2 is 1.69 bits per heavy atom. The van der Waals surface area contributed by atoms with Crippen LogP contribution in [0, 0.1) is 6.92 Å². The number of rotatable bonds is 6. The van der Waals surface area contributed by atoms with Gasteiger partial charge in [-0.1, -0.05) is 58.4 Å². The lowest BCUT2D eigenvalue weighted by Gasteiger charge is -2.24. The summed E-state index contributed by atoms with van der Waals surface area (Å²) >= 11 is 3.42. The molecule has 0 radical (unpaired) electrons. The molecule has 1 N–H and O–H groups in total. The number of anilines is 2. The lowest BCUT2D eigenvalue weighted by molar-refractivity contribution is -0.117. The van der Waals surface area contributed by atoms with Gasteiger partial charge >= 0.3 is 0 Å². The molecule has 132 valence electrons. The van der Waals surface area contributed by atoms with Crippen LogP contribution in [0.5, 0.6) is 0 Å². The maximum atomic E-state index is 13.0. The van der Waals surface area contributed by atoms with E-state index in [4.69, 9.17) is 0 Å². The van der Waals surface area contributed by atoms with E-state index in [-0.39, 0.29) is 12.5 Å². The monoisotopic (exact) mass is 408 g/mol. The highest BCUT2D eigenvalue weighted by Gasteiger charge is 2.16. The number of aryl methyl sites for hydroxylation is 1. The van der Waals surface area contributed by atoms with E-state index in [2.05, 4.69) is 21.2 Å². The van der Waals surface area contributed by atoms with Gasteiger partial charge in [0.15, 0.2) is 0 Å². The summed E-state index contributed by atoms with van der Waals surface area (Å²) in [6.07, 6.45) is 0. The van der Waals surface area contributed by atoms with Crippen molar-refractivity contribution in [2.24, 2.45) is 0 Å². The van der Waals surface area contributed by atoms with Gasteiger partial charge in [-0.05, 0) is 54.4 Å². The van der Waals surface area contributed by atoms with E-state index in [0.29, 0.717) is 6.54 Å². The molecular formula is C22H21BrN2O. The molecule has 3 nitrogen and oxygen atoms in total. The fourth-order valence-electron chi connectivity index (χ4n) is 2.73. The fourth-order valence-corrected chi connectivity index (χ4v) is 2.99. The standard InChI is InChI=1S/C22H21BrN2O/c1-17-6-5-9-21(14-17)25(16-18-7-3-2-4-8-18)22(26)15-24-20-12-10-19(23)11-13-20/h2-14,24H,15-16H2,1H3. The summed E-state index contributed by atoms with van der Waals surface area (Å²) in [6, 6.07) is 25.9. The number of nitrogens with zero attached hydrogens (tertiary/aromatic N) is 1. The topological polar surface area (TPSA) is 32.3 Å². The first-order chi connectivity index (χ1) is 12.6. The maximum Gasteiger partial charge on any atom is 0.246 e. The molecule has 0 saturated carbocycles. The number of hydrogen-bond acceptors (Lipinski definition) is 2. The van der Waals surface area contributed by atoms with Gasteiger partial charge in [0, 0.05) is 15.8 Å². The molecule has 3 aromatic rings. The summed E-state index contributed by atoms with van der Waals surface area (Å²) in [5.41, 5.74) is 4.07. The van der Waals surface area contributed by atoms with Gasteiger partial charge in [0.2, 0.25) is 5.91 Å². The first-order valence-electron chi connectivity index (χ1n) is 8.52. The minimum Gasteiger partial charge on any atom is -0.376 e. The molecule has 0 spiro atoms. The van der Waals surface area contributed by atoms with Crippen molar-refractivity contribution >= 4 is 33.2 Å². The van der Waals surface area contributed by atoms with Gasteiger partial charge in [-0.15, -0.1) is 0 Å².